The van der Waals surface area contributed by atoms with Crippen molar-refractivity contribution >= 4 is 17.2 Å². The van der Waals surface area contributed by atoms with Gasteiger partial charge in [0.05, 0.1) is 5.01 Å². The molecule has 0 aliphatic carbocycles. The maximum absolute atomic E-state index is 12.5. The molecule has 2 heterocycles. The van der Waals surface area contributed by atoms with Crippen LogP contribution in [0.4, 0.5) is 13.2 Å². The van der Waals surface area contributed by atoms with Gasteiger partial charge in [-0.05, 0) is 17.7 Å². The Balaban J connectivity index is 1.49. The lowest BCUT2D eigenvalue weighted by Crippen LogP contribution is -2.25. The van der Waals surface area contributed by atoms with Gasteiger partial charge in [0.2, 0.25) is 0 Å². The average Bonchev–Trinajstić information content (AvgIpc) is 3.27. The molecule has 1 amide bonds. The van der Waals surface area contributed by atoms with Crippen LogP contribution in [-0.2, 0) is 19.0 Å². The van der Waals surface area contributed by atoms with Crippen LogP contribution in [0.1, 0.15) is 32.4 Å². The van der Waals surface area contributed by atoms with Gasteiger partial charge in [-0.15, -0.1) is 11.3 Å². The van der Waals surface area contributed by atoms with E-state index >= 15 is 0 Å². The Hall–Kier alpha value is -2.75. The lowest BCUT2D eigenvalue weighted by molar-refractivity contribution is -0.140. The molecule has 0 saturated heterocycles. The van der Waals surface area contributed by atoms with Crippen molar-refractivity contribution in [2.24, 2.45) is 0 Å². The normalized spacial score (nSPS) is 11.5. The predicted molar refractivity (Wildman–Crippen MR) is 88.8 cm³/mol. The average molecular weight is 381 g/mol. The summed E-state index contributed by atoms with van der Waals surface area (Å²) < 4.78 is 37.5. The van der Waals surface area contributed by atoms with Gasteiger partial charge in [-0.1, -0.05) is 12.1 Å². The Kier molecular flexibility index (Phi) is 5.31. The maximum atomic E-state index is 12.5. The number of aromatic amines is 1. The number of thiazole rings is 1. The van der Waals surface area contributed by atoms with Gasteiger partial charge in [0, 0.05) is 30.3 Å². The van der Waals surface area contributed by atoms with E-state index in [9.17, 15) is 18.0 Å². The van der Waals surface area contributed by atoms with Gasteiger partial charge in [0.15, 0.2) is 5.69 Å². The van der Waals surface area contributed by atoms with E-state index < -0.39 is 11.9 Å². The van der Waals surface area contributed by atoms with Gasteiger partial charge in [-0.2, -0.15) is 18.3 Å². The minimum atomic E-state index is -4.44. The highest BCUT2D eigenvalue weighted by Crippen LogP contribution is 2.30. The van der Waals surface area contributed by atoms with Crippen LogP contribution < -0.4 is 5.32 Å². The molecule has 0 unspecified atom stereocenters. The Morgan fingerprint density at radius 2 is 2.00 bits per heavy atom. The number of benzene rings is 1. The van der Waals surface area contributed by atoms with E-state index in [4.69, 9.17) is 0 Å². The zero-order chi connectivity index (χ0) is 18.6. The SMILES string of the molecule is O=C(NCCc1nc(C(F)(F)F)cs1)c1ccc(Cc2ncn[nH]2)cc1. The van der Waals surface area contributed by atoms with Gasteiger partial charge in [0.25, 0.3) is 5.91 Å². The van der Waals surface area contributed by atoms with Crippen LogP contribution in [0.25, 0.3) is 0 Å². The minimum Gasteiger partial charge on any atom is -0.352 e. The number of hydrogen-bond acceptors (Lipinski definition) is 5. The van der Waals surface area contributed by atoms with E-state index in [1.165, 1.54) is 6.33 Å². The highest BCUT2D eigenvalue weighted by molar-refractivity contribution is 7.09. The molecular formula is C16H14F3N5OS. The van der Waals surface area contributed by atoms with Crippen molar-refractivity contribution in [2.45, 2.75) is 19.0 Å². The zero-order valence-corrected chi connectivity index (χ0v) is 14.2. The number of H-pyrrole nitrogens is 1. The van der Waals surface area contributed by atoms with Gasteiger partial charge in [-0.25, -0.2) is 9.97 Å². The molecule has 10 heteroatoms. The molecule has 1 aromatic carbocycles. The Morgan fingerprint density at radius 1 is 1.23 bits per heavy atom. The molecule has 3 aromatic rings. The number of hydrogen-bond donors (Lipinski definition) is 2. The van der Waals surface area contributed by atoms with Crippen molar-refractivity contribution in [3.05, 3.63) is 63.6 Å². The smallest absolute Gasteiger partial charge is 0.352 e. The summed E-state index contributed by atoms with van der Waals surface area (Å²) in [5, 5.41) is 10.5. The van der Waals surface area contributed by atoms with E-state index in [0.29, 0.717) is 17.0 Å². The molecule has 0 aliphatic heterocycles. The quantitative estimate of drug-likeness (QED) is 0.688. The molecule has 0 spiro atoms. The molecule has 0 atom stereocenters. The fourth-order valence-electron chi connectivity index (χ4n) is 2.22. The first-order valence-corrected chi connectivity index (χ1v) is 8.53. The van der Waals surface area contributed by atoms with Crippen LogP contribution in [0.5, 0.6) is 0 Å². The van der Waals surface area contributed by atoms with Crippen LogP contribution in [0.2, 0.25) is 0 Å². The van der Waals surface area contributed by atoms with Crippen LogP contribution in [0, 0.1) is 0 Å². The number of carbonyl (C=O) groups excluding carboxylic acids is 1. The van der Waals surface area contributed by atoms with Gasteiger partial charge >= 0.3 is 6.18 Å². The standard InChI is InChI=1S/C16H14F3N5OS/c17-16(18,19)12-8-26-14(23-12)5-6-20-15(25)11-3-1-10(2-4-11)7-13-21-9-22-24-13/h1-4,8-9H,5-7H2,(H,20,25)(H,21,22,24). The van der Waals surface area contributed by atoms with Gasteiger partial charge in [0.1, 0.15) is 12.2 Å². The molecule has 3 rings (SSSR count). The molecule has 0 bridgehead atoms. The number of aromatic nitrogens is 4. The summed E-state index contributed by atoms with van der Waals surface area (Å²) in [6.45, 7) is 0.212. The zero-order valence-electron chi connectivity index (χ0n) is 13.4. The number of amides is 1. The number of alkyl halides is 3. The third-order valence-electron chi connectivity index (χ3n) is 3.52. The van der Waals surface area contributed by atoms with Crippen molar-refractivity contribution < 1.29 is 18.0 Å². The molecule has 6 nitrogen and oxygen atoms in total. The summed E-state index contributed by atoms with van der Waals surface area (Å²) in [4.78, 5) is 19.7. The summed E-state index contributed by atoms with van der Waals surface area (Å²) in [7, 11) is 0. The van der Waals surface area contributed by atoms with Gasteiger partial charge < -0.3 is 5.32 Å². The van der Waals surface area contributed by atoms with Crippen molar-refractivity contribution in [3.8, 4) is 0 Å². The Morgan fingerprint density at radius 3 is 2.62 bits per heavy atom. The maximum Gasteiger partial charge on any atom is 0.434 e. The molecule has 0 saturated carbocycles. The molecule has 0 aliphatic rings. The fourth-order valence-corrected chi connectivity index (χ4v) is 3.03. The third kappa shape index (κ3) is 4.66. The second kappa shape index (κ2) is 7.65. The summed E-state index contributed by atoms with van der Waals surface area (Å²) in [6.07, 6.45) is -2.19. The second-order valence-corrected chi connectivity index (χ2v) is 6.38. The lowest BCUT2D eigenvalue weighted by atomic mass is 10.1. The predicted octanol–water partition coefficient (Wildman–Crippen LogP) is 2.84. The lowest BCUT2D eigenvalue weighted by Gasteiger charge is -2.05. The second-order valence-electron chi connectivity index (χ2n) is 5.44. The van der Waals surface area contributed by atoms with Gasteiger partial charge in [-0.3, -0.25) is 9.89 Å². The monoisotopic (exact) mass is 381 g/mol. The van der Waals surface area contributed by atoms with Crippen molar-refractivity contribution in [2.75, 3.05) is 6.54 Å². The first-order chi connectivity index (χ1) is 12.4. The highest BCUT2D eigenvalue weighted by atomic mass is 32.1. The van der Waals surface area contributed by atoms with E-state index in [1.54, 1.807) is 12.1 Å². The topological polar surface area (TPSA) is 83.6 Å². The summed E-state index contributed by atoms with van der Waals surface area (Å²) >= 11 is 0.931. The molecule has 2 N–H and O–H groups in total. The van der Waals surface area contributed by atoms with Crippen LogP contribution in [-0.4, -0.2) is 32.6 Å². The third-order valence-corrected chi connectivity index (χ3v) is 4.43. The first-order valence-electron chi connectivity index (χ1n) is 7.65. The number of rotatable bonds is 6. The van der Waals surface area contributed by atoms with Crippen LogP contribution >= 0.6 is 11.3 Å². The van der Waals surface area contributed by atoms with E-state index in [0.717, 1.165) is 28.1 Å². The molecule has 0 fully saturated rings. The number of carbonyl (C=O) groups is 1. The molecule has 0 radical (unpaired) electrons. The Bertz CT molecular complexity index is 859. The molecule has 136 valence electrons. The van der Waals surface area contributed by atoms with E-state index in [-0.39, 0.29) is 18.9 Å². The van der Waals surface area contributed by atoms with E-state index in [1.807, 2.05) is 12.1 Å². The largest absolute Gasteiger partial charge is 0.434 e. The summed E-state index contributed by atoms with van der Waals surface area (Å²) in [5.74, 6) is 0.438. The number of halogens is 3. The van der Waals surface area contributed by atoms with Crippen molar-refractivity contribution in [1.82, 2.24) is 25.5 Å². The van der Waals surface area contributed by atoms with Crippen molar-refractivity contribution in [3.63, 3.8) is 0 Å². The Labute approximate surface area is 150 Å². The fraction of sp³-hybridized carbons (Fsp3) is 0.250. The van der Waals surface area contributed by atoms with Crippen LogP contribution in [0.3, 0.4) is 0 Å². The highest BCUT2D eigenvalue weighted by Gasteiger charge is 2.33. The van der Waals surface area contributed by atoms with E-state index in [2.05, 4.69) is 25.5 Å². The minimum absolute atomic E-state index is 0.212. The molecule has 2 aromatic heterocycles. The number of nitrogens with one attached hydrogen (secondary N) is 2. The molecular weight excluding hydrogens is 367 g/mol. The molecule has 26 heavy (non-hydrogen) atoms. The number of nitrogens with zero attached hydrogens (tertiary/aromatic N) is 3. The summed E-state index contributed by atoms with van der Waals surface area (Å²) in [6, 6.07) is 7.00. The first kappa shape index (κ1) is 18.1. The van der Waals surface area contributed by atoms with Crippen LogP contribution in [0.15, 0.2) is 36.0 Å². The van der Waals surface area contributed by atoms with Crippen molar-refractivity contribution in [1.29, 1.82) is 0 Å². The summed E-state index contributed by atoms with van der Waals surface area (Å²) in [5.41, 5.74) is 0.549.